The molecule has 1 aromatic rings. The van der Waals surface area contributed by atoms with E-state index in [0.29, 0.717) is 6.42 Å². The molecule has 0 aromatic heterocycles. The third kappa shape index (κ3) is 3.46. The number of alkyl halides is 1. The van der Waals surface area contributed by atoms with Crippen molar-refractivity contribution in [3.63, 3.8) is 0 Å². The number of carbonyl (C=O) groups is 2. The number of aliphatic carboxylic acids is 1. The fourth-order valence-electron chi connectivity index (χ4n) is 2.77. The Morgan fingerprint density at radius 1 is 1.32 bits per heavy atom. The number of hydrogen-bond acceptors (Lipinski definition) is 2. The minimum absolute atomic E-state index is 0.129. The summed E-state index contributed by atoms with van der Waals surface area (Å²) in [6, 6.07) is 9.92. The van der Waals surface area contributed by atoms with Gasteiger partial charge in [-0.05, 0) is 17.4 Å². The summed E-state index contributed by atoms with van der Waals surface area (Å²) in [5.74, 6) is -1.66. The molecule has 1 aliphatic heterocycles. The second-order valence-corrected chi connectivity index (χ2v) is 6.59. The highest BCUT2D eigenvalue weighted by atomic mass is 19.1. The Morgan fingerprint density at radius 2 is 1.95 bits per heavy atom. The second-order valence-electron chi connectivity index (χ2n) is 6.59. The van der Waals surface area contributed by atoms with Gasteiger partial charge in [-0.1, -0.05) is 44.2 Å². The van der Waals surface area contributed by atoms with Gasteiger partial charge in [-0.25, -0.2) is 9.18 Å². The van der Waals surface area contributed by atoms with Gasteiger partial charge in [-0.15, -0.1) is 0 Å². The minimum Gasteiger partial charge on any atom is -0.479 e. The lowest BCUT2D eigenvalue weighted by Crippen LogP contribution is -2.39. The predicted octanol–water partition coefficient (Wildman–Crippen LogP) is 2.77. The number of carbonyl (C=O) groups excluding carboxylic acids is 1. The smallest absolute Gasteiger partial charge is 0.343 e. The molecule has 1 unspecified atom stereocenters. The van der Waals surface area contributed by atoms with Crippen LogP contribution in [0.3, 0.4) is 0 Å². The van der Waals surface area contributed by atoms with E-state index in [-0.39, 0.29) is 37.3 Å². The normalized spacial score (nSPS) is 21.9. The number of carboxylic acid groups (broad SMARTS) is 1. The second kappa shape index (κ2) is 6.07. The fourth-order valence-corrected chi connectivity index (χ4v) is 2.77. The van der Waals surface area contributed by atoms with Gasteiger partial charge in [-0.3, -0.25) is 4.79 Å². The predicted molar refractivity (Wildman–Crippen MR) is 81.4 cm³/mol. The molecule has 1 aliphatic rings. The summed E-state index contributed by atoms with van der Waals surface area (Å²) in [6.07, 6.45) is 0.798. The summed E-state index contributed by atoms with van der Waals surface area (Å²) in [5, 5.41) is 8.87. The van der Waals surface area contributed by atoms with Crippen LogP contribution in [0.15, 0.2) is 30.3 Å². The summed E-state index contributed by atoms with van der Waals surface area (Å²) < 4.78 is 14.0. The molecular formula is C17H22FNO3. The average molecular weight is 307 g/mol. The van der Waals surface area contributed by atoms with Gasteiger partial charge in [-0.2, -0.15) is 0 Å². The molecule has 1 saturated heterocycles. The molecule has 0 radical (unpaired) electrons. The molecule has 5 heteroatoms. The molecule has 1 atom stereocenters. The summed E-state index contributed by atoms with van der Waals surface area (Å²) in [4.78, 5) is 24.4. The van der Waals surface area contributed by atoms with Crippen molar-refractivity contribution in [2.75, 3.05) is 13.1 Å². The van der Waals surface area contributed by atoms with Gasteiger partial charge in [0.15, 0.2) is 0 Å². The Kier molecular flexibility index (Phi) is 4.54. The van der Waals surface area contributed by atoms with E-state index in [2.05, 4.69) is 13.8 Å². The van der Waals surface area contributed by atoms with E-state index in [9.17, 15) is 14.0 Å². The third-order valence-corrected chi connectivity index (χ3v) is 4.47. The maximum Gasteiger partial charge on any atom is 0.343 e. The highest BCUT2D eigenvalue weighted by Gasteiger charge is 2.46. The average Bonchev–Trinajstić information content (AvgIpc) is 2.90. The largest absolute Gasteiger partial charge is 0.479 e. The molecule has 1 N–H and O–H groups in total. The Labute approximate surface area is 129 Å². The Bertz CT molecular complexity index is 558. The quantitative estimate of drug-likeness (QED) is 0.910. The number of hydrogen-bond donors (Lipinski definition) is 1. The molecule has 0 spiro atoms. The van der Waals surface area contributed by atoms with E-state index < -0.39 is 11.6 Å². The summed E-state index contributed by atoms with van der Waals surface area (Å²) in [6.45, 7) is 3.97. The molecule has 1 fully saturated rings. The van der Waals surface area contributed by atoms with Crippen molar-refractivity contribution in [2.45, 2.75) is 44.2 Å². The summed E-state index contributed by atoms with van der Waals surface area (Å²) in [7, 11) is 0. The van der Waals surface area contributed by atoms with E-state index in [1.807, 2.05) is 30.3 Å². The van der Waals surface area contributed by atoms with Crippen molar-refractivity contribution >= 4 is 11.9 Å². The standard InChI is InChI=1S/C17H22FNO3/c1-16(2,13-6-4-3-5-7-13)9-8-14(20)19-11-10-17(18,12-19)15(21)22/h3-7H,8-12H2,1-2H3,(H,21,22). The van der Waals surface area contributed by atoms with E-state index in [0.717, 1.165) is 5.56 Å². The van der Waals surface area contributed by atoms with Crippen LogP contribution in [0.2, 0.25) is 0 Å². The minimum atomic E-state index is -2.29. The van der Waals surface area contributed by atoms with Crippen molar-refractivity contribution in [3.05, 3.63) is 35.9 Å². The maximum atomic E-state index is 14.0. The molecule has 1 aromatic carbocycles. The number of rotatable bonds is 5. The molecule has 2 rings (SSSR count). The topological polar surface area (TPSA) is 57.6 Å². The van der Waals surface area contributed by atoms with Crippen LogP contribution >= 0.6 is 0 Å². The molecule has 1 heterocycles. The number of nitrogens with zero attached hydrogens (tertiary/aromatic N) is 1. The number of likely N-dealkylation sites (tertiary alicyclic amines) is 1. The van der Waals surface area contributed by atoms with Gasteiger partial charge in [0.1, 0.15) is 0 Å². The number of carboxylic acids is 1. The van der Waals surface area contributed by atoms with E-state index in [4.69, 9.17) is 5.11 Å². The lowest BCUT2D eigenvalue weighted by atomic mass is 9.80. The van der Waals surface area contributed by atoms with E-state index in [1.54, 1.807) is 0 Å². The number of benzene rings is 1. The van der Waals surface area contributed by atoms with Crippen molar-refractivity contribution in [2.24, 2.45) is 0 Å². The van der Waals surface area contributed by atoms with Crippen LogP contribution < -0.4 is 0 Å². The first-order chi connectivity index (χ1) is 10.2. The van der Waals surface area contributed by atoms with Crippen LogP contribution in [0.5, 0.6) is 0 Å². The molecule has 1 amide bonds. The SMILES string of the molecule is CC(C)(CCC(=O)N1CCC(F)(C(=O)O)C1)c1ccccc1. The fraction of sp³-hybridized carbons (Fsp3) is 0.529. The highest BCUT2D eigenvalue weighted by molar-refractivity contribution is 5.82. The van der Waals surface area contributed by atoms with Crippen molar-refractivity contribution in [1.29, 1.82) is 0 Å². The van der Waals surface area contributed by atoms with Crippen LogP contribution in [-0.4, -0.2) is 40.6 Å². The summed E-state index contributed by atoms with van der Waals surface area (Å²) in [5.41, 5.74) is -1.30. The zero-order valence-electron chi connectivity index (χ0n) is 13.0. The number of halogens is 1. The number of amides is 1. The first-order valence-corrected chi connectivity index (χ1v) is 7.50. The van der Waals surface area contributed by atoms with Crippen LogP contribution in [0.1, 0.15) is 38.7 Å². The zero-order valence-corrected chi connectivity index (χ0v) is 13.0. The van der Waals surface area contributed by atoms with Gasteiger partial charge in [0.05, 0.1) is 6.54 Å². The van der Waals surface area contributed by atoms with Gasteiger partial charge >= 0.3 is 5.97 Å². The van der Waals surface area contributed by atoms with Crippen molar-refractivity contribution in [3.8, 4) is 0 Å². The lowest BCUT2D eigenvalue weighted by molar-refractivity contribution is -0.150. The monoisotopic (exact) mass is 307 g/mol. The molecule has 120 valence electrons. The van der Waals surface area contributed by atoms with Gasteiger partial charge in [0.25, 0.3) is 0 Å². The first kappa shape index (κ1) is 16.5. The summed E-state index contributed by atoms with van der Waals surface area (Å²) >= 11 is 0. The van der Waals surface area contributed by atoms with Crippen LogP contribution in [0.4, 0.5) is 4.39 Å². The van der Waals surface area contributed by atoms with Gasteiger partial charge in [0.2, 0.25) is 11.6 Å². The molecular weight excluding hydrogens is 285 g/mol. The van der Waals surface area contributed by atoms with Crippen molar-refractivity contribution < 1.29 is 19.1 Å². The molecule has 0 saturated carbocycles. The highest BCUT2D eigenvalue weighted by Crippen LogP contribution is 2.30. The van der Waals surface area contributed by atoms with E-state index in [1.165, 1.54) is 4.90 Å². The van der Waals surface area contributed by atoms with Crippen LogP contribution in [0, 0.1) is 0 Å². The Hall–Kier alpha value is -1.91. The molecule has 0 aliphatic carbocycles. The van der Waals surface area contributed by atoms with Crippen LogP contribution in [0.25, 0.3) is 0 Å². The Morgan fingerprint density at radius 3 is 2.50 bits per heavy atom. The lowest BCUT2D eigenvalue weighted by Gasteiger charge is -2.26. The zero-order chi connectivity index (χ0) is 16.4. The Balaban J connectivity index is 1.92. The first-order valence-electron chi connectivity index (χ1n) is 7.50. The van der Waals surface area contributed by atoms with Gasteiger partial charge in [0, 0.05) is 19.4 Å². The molecule has 22 heavy (non-hydrogen) atoms. The van der Waals surface area contributed by atoms with E-state index >= 15 is 0 Å². The van der Waals surface area contributed by atoms with Crippen molar-refractivity contribution in [1.82, 2.24) is 4.90 Å². The maximum absolute atomic E-state index is 14.0. The van der Waals surface area contributed by atoms with Gasteiger partial charge < -0.3 is 10.0 Å². The van der Waals surface area contributed by atoms with Crippen LogP contribution in [-0.2, 0) is 15.0 Å². The molecule has 0 bridgehead atoms. The third-order valence-electron chi connectivity index (χ3n) is 4.47. The molecule has 4 nitrogen and oxygen atoms in total.